The standard InChI is InChI=1S/C22H32N4O2.HI/c1-26(2)18(27)15-24-21(23-14-16-8-4-3-5-9-16)25-19-17-10-13-28-20(17)22(19)11-6-7-12-22;/h3-5,8-9,17,19-20H,6-7,10-15H2,1-2H3,(H2,23,24,25);1H. The maximum Gasteiger partial charge on any atom is 0.241 e. The molecule has 1 aromatic carbocycles. The van der Waals surface area contributed by atoms with E-state index in [1.165, 1.54) is 25.7 Å². The van der Waals surface area contributed by atoms with Gasteiger partial charge in [-0.1, -0.05) is 43.2 Å². The molecule has 6 nitrogen and oxygen atoms in total. The van der Waals surface area contributed by atoms with E-state index in [1.54, 1.807) is 19.0 Å². The third kappa shape index (κ3) is 4.55. The van der Waals surface area contributed by atoms with Crippen LogP contribution in [0.1, 0.15) is 37.7 Å². The molecule has 0 radical (unpaired) electrons. The summed E-state index contributed by atoms with van der Waals surface area (Å²) in [6.45, 7) is 1.72. The Morgan fingerprint density at radius 3 is 2.66 bits per heavy atom. The van der Waals surface area contributed by atoms with Gasteiger partial charge in [0.2, 0.25) is 5.91 Å². The van der Waals surface area contributed by atoms with Crippen LogP contribution in [0.4, 0.5) is 0 Å². The van der Waals surface area contributed by atoms with Gasteiger partial charge in [-0.15, -0.1) is 24.0 Å². The van der Waals surface area contributed by atoms with Gasteiger partial charge in [-0.25, -0.2) is 4.99 Å². The molecule has 7 heteroatoms. The van der Waals surface area contributed by atoms with Crippen LogP contribution in [-0.4, -0.2) is 56.2 Å². The zero-order valence-electron chi connectivity index (χ0n) is 17.4. The Kier molecular flexibility index (Phi) is 7.42. The SMILES string of the molecule is CN(C)C(=O)CNC(=NCc1ccccc1)NC1C2CCOC2C12CCCC2.I. The number of hydrogen-bond acceptors (Lipinski definition) is 3. The number of nitrogens with zero attached hydrogens (tertiary/aromatic N) is 2. The fourth-order valence-electron chi connectivity index (χ4n) is 5.28. The van der Waals surface area contributed by atoms with Crippen molar-refractivity contribution in [2.24, 2.45) is 16.3 Å². The molecule has 1 heterocycles. The van der Waals surface area contributed by atoms with E-state index < -0.39 is 0 Å². The molecule has 29 heavy (non-hydrogen) atoms. The van der Waals surface area contributed by atoms with Gasteiger partial charge >= 0.3 is 0 Å². The Labute approximate surface area is 190 Å². The second kappa shape index (κ2) is 9.64. The minimum absolute atomic E-state index is 0. The van der Waals surface area contributed by atoms with Crippen molar-refractivity contribution in [1.82, 2.24) is 15.5 Å². The van der Waals surface area contributed by atoms with Gasteiger partial charge in [0.1, 0.15) is 0 Å². The number of rotatable bonds is 5. The number of halogens is 1. The highest BCUT2D eigenvalue weighted by Gasteiger charge is 2.65. The van der Waals surface area contributed by atoms with Crippen LogP contribution < -0.4 is 10.6 Å². The summed E-state index contributed by atoms with van der Waals surface area (Å²) in [7, 11) is 3.55. The second-order valence-corrected chi connectivity index (χ2v) is 8.60. The zero-order valence-corrected chi connectivity index (χ0v) is 19.7. The Balaban J connectivity index is 0.00000240. The molecule has 1 saturated heterocycles. The molecule has 3 fully saturated rings. The predicted molar refractivity (Wildman–Crippen MR) is 125 cm³/mol. The molecule has 2 N–H and O–H groups in total. The number of hydrogen-bond donors (Lipinski definition) is 2. The monoisotopic (exact) mass is 512 g/mol. The Hall–Kier alpha value is -1.35. The third-order valence-electron chi connectivity index (χ3n) is 6.75. The van der Waals surface area contributed by atoms with Gasteiger partial charge in [0.15, 0.2) is 5.96 Å². The van der Waals surface area contributed by atoms with E-state index in [1.807, 2.05) is 18.2 Å². The molecule has 2 saturated carbocycles. The summed E-state index contributed by atoms with van der Waals surface area (Å²) in [5.74, 6) is 1.34. The van der Waals surface area contributed by atoms with Crippen molar-refractivity contribution in [2.45, 2.75) is 50.8 Å². The van der Waals surface area contributed by atoms with Crippen LogP contribution in [0.15, 0.2) is 35.3 Å². The number of ether oxygens (including phenoxy) is 1. The van der Waals surface area contributed by atoms with Crippen LogP contribution in [0.25, 0.3) is 0 Å². The third-order valence-corrected chi connectivity index (χ3v) is 6.75. The Bertz CT molecular complexity index is 719. The maximum absolute atomic E-state index is 12.1. The molecule has 3 aliphatic rings. The lowest BCUT2D eigenvalue weighted by molar-refractivity contribution is -0.128. The lowest BCUT2D eigenvalue weighted by Gasteiger charge is -2.57. The van der Waals surface area contributed by atoms with E-state index in [2.05, 4.69) is 22.8 Å². The second-order valence-electron chi connectivity index (χ2n) is 8.60. The van der Waals surface area contributed by atoms with E-state index >= 15 is 0 Å². The largest absolute Gasteiger partial charge is 0.377 e. The lowest BCUT2D eigenvalue weighted by Crippen LogP contribution is -2.69. The molecule has 2 aliphatic carbocycles. The van der Waals surface area contributed by atoms with Gasteiger partial charge in [0, 0.05) is 38.1 Å². The van der Waals surface area contributed by atoms with Crippen LogP contribution >= 0.6 is 24.0 Å². The summed E-state index contributed by atoms with van der Waals surface area (Å²) in [5, 5.41) is 6.97. The number of guanidine groups is 1. The highest BCUT2D eigenvalue weighted by Crippen LogP contribution is 2.60. The molecule has 1 aromatic rings. The first-order valence-electron chi connectivity index (χ1n) is 10.5. The number of carbonyl (C=O) groups is 1. The van der Waals surface area contributed by atoms with Crippen molar-refractivity contribution in [3.63, 3.8) is 0 Å². The molecule has 4 rings (SSSR count). The van der Waals surface area contributed by atoms with Gasteiger partial charge in [-0.2, -0.15) is 0 Å². The number of carbonyl (C=O) groups excluding carboxylic acids is 1. The summed E-state index contributed by atoms with van der Waals surface area (Å²) in [4.78, 5) is 18.5. The molecule has 0 aromatic heterocycles. The maximum atomic E-state index is 12.1. The molecule has 0 bridgehead atoms. The van der Waals surface area contributed by atoms with Crippen molar-refractivity contribution in [2.75, 3.05) is 27.2 Å². The van der Waals surface area contributed by atoms with Crippen molar-refractivity contribution >= 4 is 35.8 Å². The minimum atomic E-state index is 0. The molecule has 160 valence electrons. The molecular weight excluding hydrogens is 479 g/mol. The molecule has 3 atom stereocenters. The molecule has 1 spiro atoms. The minimum Gasteiger partial charge on any atom is -0.377 e. The highest BCUT2D eigenvalue weighted by atomic mass is 127. The van der Waals surface area contributed by atoms with E-state index in [-0.39, 0.29) is 41.8 Å². The van der Waals surface area contributed by atoms with Gasteiger partial charge in [-0.05, 0) is 24.8 Å². The first-order chi connectivity index (χ1) is 13.6. The smallest absolute Gasteiger partial charge is 0.241 e. The zero-order chi connectivity index (χ0) is 19.6. The topological polar surface area (TPSA) is 66.0 Å². The average molecular weight is 512 g/mol. The van der Waals surface area contributed by atoms with Crippen molar-refractivity contribution in [3.05, 3.63) is 35.9 Å². The number of aliphatic imine (C=N–C) groups is 1. The van der Waals surface area contributed by atoms with Crippen molar-refractivity contribution in [1.29, 1.82) is 0 Å². The van der Waals surface area contributed by atoms with E-state index in [0.29, 0.717) is 24.6 Å². The van der Waals surface area contributed by atoms with Crippen LogP contribution in [-0.2, 0) is 16.1 Å². The Morgan fingerprint density at radius 2 is 1.97 bits per heavy atom. The first-order valence-corrected chi connectivity index (χ1v) is 10.5. The van der Waals surface area contributed by atoms with Crippen LogP contribution in [0, 0.1) is 11.3 Å². The van der Waals surface area contributed by atoms with Gasteiger partial charge < -0.3 is 20.3 Å². The quantitative estimate of drug-likeness (QED) is 0.362. The molecule has 1 amide bonds. The summed E-state index contributed by atoms with van der Waals surface area (Å²) in [5.41, 5.74) is 1.41. The number of likely N-dealkylation sites (N-methyl/N-ethyl adjacent to an activating group) is 1. The fourth-order valence-corrected chi connectivity index (χ4v) is 5.28. The van der Waals surface area contributed by atoms with Crippen LogP contribution in [0.3, 0.4) is 0 Å². The number of benzene rings is 1. The normalized spacial score (nSPS) is 27.0. The highest BCUT2D eigenvalue weighted by molar-refractivity contribution is 14.0. The van der Waals surface area contributed by atoms with Gasteiger partial charge in [0.05, 0.1) is 19.2 Å². The predicted octanol–water partition coefficient (Wildman–Crippen LogP) is 2.78. The molecule has 3 unspecified atom stereocenters. The number of nitrogens with one attached hydrogen (secondary N) is 2. The van der Waals surface area contributed by atoms with Gasteiger partial charge in [-0.3, -0.25) is 4.79 Å². The van der Waals surface area contributed by atoms with Crippen LogP contribution in [0.5, 0.6) is 0 Å². The van der Waals surface area contributed by atoms with Crippen LogP contribution in [0.2, 0.25) is 0 Å². The first kappa shape index (κ1) is 22.3. The Morgan fingerprint density at radius 1 is 1.24 bits per heavy atom. The van der Waals surface area contributed by atoms with E-state index in [9.17, 15) is 4.79 Å². The van der Waals surface area contributed by atoms with Gasteiger partial charge in [0.25, 0.3) is 0 Å². The number of fused-ring (bicyclic) bond motifs is 2. The van der Waals surface area contributed by atoms with E-state index in [0.717, 1.165) is 24.6 Å². The molecule has 1 aliphatic heterocycles. The molecular formula is C22H33IN4O2. The summed E-state index contributed by atoms with van der Waals surface area (Å²) in [6, 6.07) is 10.6. The summed E-state index contributed by atoms with van der Waals surface area (Å²) < 4.78 is 6.10. The summed E-state index contributed by atoms with van der Waals surface area (Å²) in [6.07, 6.45) is 6.56. The number of amides is 1. The average Bonchev–Trinajstić information content (AvgIpc) is 3.36. The van der Waals surface area contributed by atoms with Crippen molar-refractivity contribution < 1.29 is 9.53 Å². The summed E-state index contributed by atoms with van der Waals surface area (Å²) >= 11 is 0. The van der Waals surface area contributed by atoms with E-state index in [4.69, 9.17) is 9.73 Å². The fraction of sp³-hybridized carbons (Fsp3) is 0.636. The van der Waals surface area contributed by atoms with Crippen molar-refractivity contribution in [3.8, 4) is 0 Å². The lowest BCUT2D eigenvalue weighted by atomic mass is 9.54.